The fourth-order valence-corrected chi connectivity index (χ4v) is 6.04. The molecule has 0 saturated heterocycles. The number of amides is 1. The zero-order chi connectivity index (χ0) is 24.7. The van der Waals surface area contributed by atoms with Gasteiger partial charge in [-0.1, -0.05) is 59.1 Å². The average molecular weight is 538 g/mol. The Morgan fingerprint density at radius 3 is 2.38 bits per heavy atom. The molecule has 0 heterocycles. The number of sulfonamides is 1. The summed E-state index contributed by atoms with van der Waals surface area (Å²) < 4.78 is 28.0. The van der Waals surface area contributed by atoms with Crippen molar-refractivity contribution in [2.45, 2.75) is 24.5 Å². The highest BCUT2D eigenvalue weighted by atomic mass is 35.5. The number of anilines is 1. The largest absolute Gasteiger partial charge is 0.354 e. The highest BCUT2D eigenvalue weighted by Crippen LogP contribution is 2.26. The maximum Gasteiger partial charge on any atom is 0.264 e. The van der Waals surface area contributed by atoms with E-state index in [1.807, 2.05) is 26.0 Å². The van der Waals surface area contributed by atoms with Gasteiger partial charge in [0.2, 0.25) is 5.91 Å². The molecule has 1 N–H and O–H groups in total. The highest BCUT2D eigenvalue weighted by Gasteiger charge is 2.27. The number of carbonyl (C=O) groups is 1. The van der Waals surface area contributed by atoms with Crippen molar-refractivity contribution in [1.29, 1.82) is 0 Å². The second kappa shape index (κ2) is 12.0. The van der Waals surface area contributed by atoms with E-state index in [4.69, 9.17) is 23.2 Å². The lowest BCUT2D eigenvalue weighted by Crippen LogP contribution is -2.41. The second-order valence-corrected chi connectivity index (χ2v) is 11.6. The van der Waals surface area contributed by atoms with E-state index in [0.717, 1.165) is 21.0 Å². The lowest BCUT2D eigenvalue weighted by Gasteiger charge is -2.24. The predicted molar refractivity (Wildman–Crippen MR) is 143 cm³/mol. The summed E-state index contributed by atoms with van der Waals surface area (Å²) in [4.78, 5) is 12.8. The molecule has 0 aliphatic rings. The molecule has 180 valence electrons. The van der Waals surface area contributed by atoms with Crippen LogP contribution in [0, 0.1) is 13.8 Å². The first-order valence-electron chi connectivity index (χ1n) is 10.6. The van der Waals surface area contributed by atoms with Gasteiger partial charge in [-0.3, -0.25) is 9.10 Å². The Kier molecular flexibility index (Phi) is 9.31. The van der Waals surface area contributed by atoms with E-state index in [-0.39, 0.29) is 17.3 Å². The van der Waals surface area contributed by atoms with Crippen molar-refractivity contribution in [2.75, 3.05) is 23.1 Å². The Morgan fingerprint density at radius 1 is 0.971 bits per heavy atom. The smallest absolute Gasteiger partial charge is 0.264 e. The van der Waals surface area contributed by atoms with Gasteiger partial charge in [-0.05, 0) is 61.4 Å². The number of rotatable bonds is 10. The first kappa shape index (κ1) is 26.4. The van der Waals surface area contributed by atoms with Crippen LogP contribution in [0.5, 0.6) is 0 Å². The third-order valence-electron chi connectivity index (χ3n) is 5.03. The number of nitrogens with zero attached hydrogens (tertiary/aromatic N) is 1. The molecule has 3 aromatic carbocycles. The summed E-state index contributed by atoms with van der Waals surface area (Å²) in [5.41, 5.74) is 3.27. The first-order valence-corrected chi connectivity index (χ1v) is 14.0. The Hall–Kier alpha value is -2.19. The van der Waals surface area contributed by atoms with Crippen LogP contribution in [-0.2, 0) is 20.6 Å². The van der Waals surface area contributed by atoms with Gasteiger partial charge in [0.1, 0.15) is 6.54 Å². The molecule has 3 rings (SSSR count). The summed E-state index contributed by atoms with van der Waals surface area (Å²) in [5.74, 6) is 0.963. The average Bonchev–Trinajstić information content (AvgIpc) is 2.78. The number of halogens is 2. The van der Waals surface area contributed by atoms with Crippen molar-refractivity contribution in [3.05, 3.63) is 93.5 Å². The molecule has 0 bridgehead atoms. The molecule has 0 aliphatic heterocycles. The van der Waals surface area contributed by atoms with Crippen LogP contribution in [-0.4, -0.2) is 33.2 Å². The van der Waals surface area contributed by atoms with Gasteiger partial charge in [0.15, 0.2) is 0 Å². The van der Waals surface area contributed by atoms with Crippen LogP contribution < -0.4 is 9.62 Å². The van der Waals surface area contributed by atoms with Crippen LogP contribution in [0.15, 0.2) is 71.6 Å². The second-order valence-electron chi connectivity index (χ2n) is 7.80. The van der Waals surface area contributed by atoms with Crippen molar-refractivity contribution in [3.63, 3.8) is 0 Å². The van der Waals surface area contributed by atoms with Gasteiger partial charge in [-0.25, -0.2) is 8.42 Å². The lowest BCUT2D eigenvalue weighted by molar-refractivity contribution is -0.119. The SMILES string of the molecule is Cc1ccc(S(=O)(=O)N(CC(=O)NCCSCc2ccc(Cl)cc2Cl)c2cccc(C)c2)cc1. The van der Waals surface area contributed by atoms with Crippen molar-refractivity contribution in [1.82, 2.24) is 5.32 Å². The molecule has 3 aromatic rings. The third-order valence-corrected chi connectivity index (χ3v) is 8.41. The van der Waals surface area contributed by atoms with Gasteiger partial charge in [0.25, 0.3) is 10.0 Å². The normalized spacial score (nSPS) is 11.3. The summed E-state index contributed by atoms with van der Waals surface area (Å²) >= 11 is 13.7. The van der Waals surface area contributed by atoms with E-state index in [2.05, 4.69) is 5.32 Å². The molecule has 0 atom stereocenters. The van der Waals surface area contributed by atoms with E-state index in [9.17, 15) is 13.2 Å². The summed E-state index contributed by atoms with van der Waals surface area (Å²) in [6.07, 6.45) is 0. The zero-order valence-corrected chi connectivity index (χ0v) is 22.1. The molecule has 0 spiro atoms. The highest BCUT2D eigenvalue weighted by molar-refractivity contribution is 7.98. The minimum Gasteiger partial charge on any atom is -0.354 e. The maximum absolute atomic E-state index is 13.4. The predicted octanol–water partition coefficient (Wildman–Crippen LogP) is 5.86. The van der Waals surface area contributed by atoms with Gasteiger partial charge in [-0.2, -0.15) is 11.8 Å². The van der Waals surface area contributed by atoms with E-state index in [1.54, 1.807) is 66.4 Å². The number of nitrogens with one attached hydrogen (secondary N) is 1. The van der Waals surface area contributed by atoms with Crippen LogP contribution in [0.25, 0.3) is 0 Å². The number of hydrogen-bond donors (Lipinski definition) is 1. The molecule has 0 aromatic heterocycles. The van der Waals surface area contributed by atoms with Gasteiger partial charge in [0, 0.05) is 28.1 Å². The van der Waals surface area contributed by atoms with Crippen LogP contribution >= 0.6 is 35.0 Å². The van der Waals surface area contributed by atoms with Gasteiger partial charge in [0.05, 0.1) is 10.6 Å². The molecule has 0 aliphatic carbocycles. The van der Waals surface area contributed by atoms with E-state index in [0.29, 0.717) is 33.8 Å². The number of thioether (sulfide) groups is 1. The monoisotopic (exact) mass is 536 g/mol. The summed E-state index contributed by atoms with van der Waals surface area (Å²) in [5, 5.41) is 4.02. The minimum absolute atomic E-state index is 0.141. The van der Waals surface area contributed by atoms with Gasteiger partial charge >= 0.3 is 0 Å². The summed E-state index contributed by atoms with van der Waals surface area (Å²) in [6.45, 7) is 3.86. The number of aryl methyl sites for hydroxylation is 2. The van der Waals surface area contributed by atoms with Gasteiger partial charge < -0.3 is 5.32 Å². The number of benzene rings is 3. The standard InChI is InChI=1S/C25H26Cl2N2O3S2/c1-18-6-10-23(11-7-18)34(31,32)29(22-5-3-4-19(2)14-22)16-25(30)28-12-13-33-17-20-8-9-21(26)15-24(20)27/h3-11,14-15H,12-13,16-17H2,1-2H3,(H,28,30). The molecule has 0 fully saturated rings. The molecule has 9 heteroatoms. The van der Waals surface area contributed by atoms with E-state index in [1.165, 1.54) is 0 Å². The molecule has 0 saturated carbocycles. The Labute approximate surface area is 215 Å². The number of carbonyl (C=O) groups excluding carboxylic acids is 1. The van der Waals surface area contributed by atoms with Crippen molar-refractivity contribution >= 4 is 56.6 Å². The summed E-state index contributed by atoms with van der Waals surface area (Å²) in [6, 6.07) is 19.1. The quantitative estimate of drug-likeness (QED) is 0.329. The zero-order valence-electron chi connectivity index (χ0n) is 18.9. The topological polar surface area (TPSA) is 66.5 Å². The fraction of sp³-hybridized carbons (Fsp3) is 0.240. The Bertz CT molecular complexity index is 1250. The van der Waals surface area contributed by atoms with Crippen LogP contribution in [0.2, 0.25) is 10.0 Å². The minimum atomic E-state index is -3.92. The van der Waals surface area contributed by atoms with Crippen LogP contribution in [0.3, 0.4) is 0 Å². The van der Waals surface area contributed by atoms with Gasteiger partial charge in [-0.15, -0.1) is 0 Å². The van der Waals surface area contributed by atoms with E-state index < -0.39 is 10.0 Å². The Morgan fingerprint density at radius 2 is 1.71 bits per heavy atom. The first-order chi connectivity index (χ1) is 16.2. The molecule has 34 heavy (non-hydrogen) atoms. The molecule has 1 amide bonds. The van der Waals surface area contributed by atoms with Crippen molar-refractivity contribution < 1.29 is 13.2 Å². The van der Waals surface area contributed by atoms with Crippen LogP contribution in [0.4, 0.5) is 5.69 Å². The lowest BCUT2D eigenvalue weighted by atomic mass is 10.2. The molecule has 5 nitrogen and oxygen atoms in total. The summed E-state index contributed by atoms with van der Waals surface area (Å²) in [7, 11) is -3.92. The fourth-order valence-electron chi connectivity index (χ4n) is 3.21. The maximum atomic E-state index is 13.4. The molecular formula is C25H26Cl2N2O3S2. The van der Waals surface area contributed by atoms with Crippen molar-refractivity contribution in [3.8, 4) is 0 Å². The molecular weight excluding hydrogens is 511 g/mol. The van der Waals surface area contributed by atoms with E-state index >= 15 is 0 Å². The van der Waals surface area contributed by atoms with Crippen molar-refractivity contribution in [2.24, 2.45) is 0 Å². The Balaban J connectivity index is 1.64. The molecule has 0 radical (unpaired) electrons. The molecule has 0 unspecified atom stereocenters. The number of hydrogen-bond acceptors (Lipinski definition) is 4. The van der Waals surface area contributed by atoms with Crippen LogP contribution in [0.1, 0.15) is 16.7 Å². The third kappa shape index (κ3) is 7.15.